The van der Waals surface area contributed by atoms with Crippen molar-refractivity contribution < 1.29 is 14.3 Å². The zero-order valence-corrected chi connectivity index (χ0v) is 23.7. The highest BCUT2D eigenvalue weighted by Crippen LogP contribution is 1.96. The fourth-order valence-electron chi connectivity index (χ4n) is 3.84. The van der Waals surface area contributed by atoms with Gasteiger partial charge in [0.2, 0.25) is 11.8 Å². The van der Waals surface area contributed by atoms with Crippen LogP contribution in [0.25, 0.3) is 0 Å². The highest BCUT2D eigenvalue weighted by Gasteiger charge is 2.08. The van der Waals surface area contributed by atoms with Crippen molar-refractivity contribution in [2.75, 3.05) is 107 Å². The van der Waals surface area contributed by atoms with Gasteiger partial charge in [0.15, 0.2) is 0 Å². The average molecular weight is 501 g/mol. The minimum atomic E-state index is 0.00414. The quantitative estimate of drug-likeness (QED) is 0.194. The van der Waals surface area contributed by atoms with Crippen LogP contribution in [0.3, 0.4) is 0 Å². The van der Waals surface area contributed by atoms with Crippen LogP contribution in [0.2, 0.25) is 0 Å². The molecule has 0 aliphatic rings. The summed E-state index contributed by atoms with van der Waals surface area (Å²) in [6.45, 7) is 14.5. The SMILES string of the molecule is CCCN(CCCN(C)C)CCNC(=O)CCOCCC(=O)NCCN(CCC)CCCN(C)C. The Morgan fingerprint density at radius 2 is 1.00 bits per heavy atom. The van der Waals surface area contributed by atoms with Gasteiger partial charge in [-0.2, -0.15) is 0 Å². The van der Waals surface area contributed by atoms with E-state index >= 15 is 0 Å². The van der Waals surface area contributed by atoms with E-state index in [-0.39, 0.29) is 11.8 Å². The summed E-state index contributed by atoms with van der Waals surface area (Å²) in [6.07, 6.45) is 5.16. The number of carbonyl (C=O) groups excluding carboxylic acids is 2. The van der Waals surface area contributed by atoms with E-state index in [1.807, 2.05) is 0 Å². The first-order valence-electron chi connectivity index (χ1n) is 13.6. The van der Waals surface area contributed by atoms with Gasteiger partial charge < -0.3 is 35.0 Å². The molecule has 0 aliphatic heterocycles. The third-order valence-corrected chi connectivity index (χ3v) is 5.69. The molecule has 0 unspecified atom stereocenters. The molecule has 0 radical (unpaired) electrons. The Kier molecular flexibility index (Phi) is 22.3. The lowest BCUT2D eigenvalue weighted by molar-refractivity contribution is -0.122. The molecule has 9 heteroatoms. The molecule has 0 bridgehead atoms. The molecule has 0 heterocycles. The normalized spacial score (nSPS) is 11.7. The van der Waals surface area contributed by atoms with Crippen molar-refractivity contribution >= 4 is 11.8 Å². The van der Waals surface area contributed by atoms with Crippen LogP contribution in [0.4, 0.5) is 0 Å². The lowest BCUT2D eigenvalue weighted by Gasteiger charge is -2.22. The molecule has 2 N–H and O–H groups in total. The van der Waals surface area contributed by atoms with Crippen LogP contribution in [-0.4, -0.2) is 138 Å². The maximum absolute atomic E-state index is 12.1. The Balaban J connectivity index is 3.82. The molecule has 0 spiro atoms. The number of nitrogens with zero attached hydrogens (tertiary/aromatic N) is 4. The Morgan fingerprint density at radius 3 is 1.34 bits per heavy atom. The predicted molar refractivity (Wildman–Crippen MR) is 146 cm³/mol. The number of rotatable bonds is 24. The van der Waals surface area contributed by atoms with Gasteiger partial charge in [0, 0.05) is 39.0 Å². The molecule has 2 amide bonds. The molecule has 0 aromatic rings. The standard InChI is InChI=1S/C26H56N6O3/c1-7-15-31(19-9-17-29(3)4)21-13-27-25(33)11-23-35-24-12-26(34)28-14-22-32(16-8-2)20-10-18-30(5)6/h7-24H2,1-6H3,(H,27,33)(H,28,34). The van der Waals surface area contributed by atoms with E-state index in [1.165, 1.54) is 0 Å². The van der Waals surface area contributed by atoms with Crippen molar-refractivity contribution in [1.82, 2.24) is 30.2 Å². The summed E-state index contributed by atoms with van der Waals surface area (Å²) in [6, 6.07) is 0. The number of hydrogen-bond acceptors (Lipinski definition) is 7. The first-order chi connectivity index (χ1) is 16.8. The monoisotopic (exact) mass is 500 g/mol. The molecule has 0 aromatic carbocycles. The van der Waals surface area contributed by atoms with Gasteiger partial charge in [-0.25, -0.2) is 0 Å². The Hall–Kier alpha value is -1.26. The molecule has 0 aromatic heterocycles. The molecular formula is C26H56N6O3. The summed E-state index contributed by atoms with van der Waals surface area (Å²) in [5.74, 6) is 0.00828. The number of amides is 2. The maximum Gasteiger partial charge on any atom is 0.222 e. The fourth-order valence-corrected chi connectivity index (χ4v) is 3.84. The second kappa shape index (κ2) is 23.2. The van der Waals surface area contributed by atoms with Crippen LogP contribution in [0.5, 0.6) is 0 Å². The summed E-state index contributed by atoms with van der Waals surface area (Å²) in [5, 5.41) is 5.96. The summed E-state index contributed by atoms with van der Waals surface area (Å²) in [7, 11) is 8.37. The van der Waals surface area contributed by atoms with E-state index in [1.54, 1.807) is 0 Å². The van der Waals surface area contributed by atoms with Gasteiger partial charge in [-0.1, -0.05) is 13.8 Å². The summed E-state index contributed by atoms with van der Waals surface area (Å²) >= 11 is 0. The minimum absolute atomic E-state index is 0.00414. The van der Waals surface area contributed by atoms with Gasteiger partial charge >= 0.3 is 0 Å². The largest absolute Gasteiger partial charge is 0.380 e. The third kappa shape index (κ3) is 22.9. The first-order valence-corrected chi connectivity index (χ1v) is 13.6. The van der Waals surface area contributed by atoms with Crippen molar-refractivity contribution in [1.29, 1.82) is 0 Å². The van der Waals surface area contributed by atoms with E-state index < -0.39 is 0 Å². The Morgan fingerprint density at radius 1 is 0.600 bits per heavy atom. The van der Waals surface area contributed by atoms with E-state index in [0.29, 0.717) is 39.1 Å². The van der Waals surface area contributed by atoms with Crippen molar-refractivity contribution in [2.24, 2.45) is 0 Å². The first kappa shape index (κ1) is 33.7. The molecule has 0 aliphatic carbocycles. The molecule has 9 nitrogen and oxygen atoms in total. The fraction of sp³-hybridized carbons (Fsp3) is 0.923. The molecule has 0 atom stereocenters. The Labute approximate surface area is 215 Å². The molecule has 35 heavy (non-hydrogen) atoms. The maximum atomic E-state index is 12.1. The number of carbonyl (C=O) groups is 2. The lowest BCUT2D eigenvalue weighted by atomic mass is 10.3. The number of nitrogens with one attached hydrogen (secondary N) is 2. The van der Waals surface area contributed by atoms with E-state index in [4.69, 9.17) is 4.74 Å². The average Bonchev–Trinajstić information content (AvgIpc) is 2.78. The summed E-state index contributed by atoms with van der Waals surface area (Å²) < 4.78 is 5.51. The van der Waals surface area contributed by atoms with Crippen LogP contribution in [0.15, 0.2) is 0 Å². The van der Waals surface area contributed by atoms with Gasteiger partial charge in [0.1, 0.15) is 0 Å². The topological polar surface area (TPSA) is 80.4 Å². The highest BCUT2D eigenvalue weighted by atomic mass is 16.5. The van der Waals surface area contributed by atoms with E-state index in [0.717, 1.165) is 78.0 Å². The van der Waals surface area contributed by atoms with Crippen LogP contribution in [-0.2, 0) is 14.3 Å². The van der Waals surface area contributed by atoms with Crippen LogP contribution in [0.1, 0.15) is 52.4 Å². The lowest BCUT2D eigenvalue weighted by Crippen LogP contribution is -2.37. The Bertz CT molecular complexity index is 475. The van der Waals surface area contributed by atoms with E-state index in [9.17, 15) is 9.59 Å². The third-order valence-electron chi connectivity index (χ3n) is 5.69. The number of hydrogen-bond donors (Lipinski definition) is 2. The molecular weight excluding hydrogens is 444 g/mol. The van der Waals surface area contributed by atoms with Gasteiger partial charge in [-0.05, 0) is 93.1 Å². The smallest absolute Gasteiger partial charge is 0.222 e. The summed E-state index contributed by atoms with van der Waals surface area (Å²) in [5.41, 5.74) is 0. The zero-order chi connectivity index (χ0) is 26.3. The number of ether oxygens (including phenoxy) is 1. The minimum Gasteiger partial charge on any atom is -0.380 e. The molecule has 208 valence electrons. The van der Waals surface area contributed by atoms with Gasteiger partial charge in [-0.15, -0.1) is 0 Å². The van der Waals surface area contributed by atoms with E-state index in [2.05, 4.69) is 72.3 Å². The van der Waals surface area contributed by atoms with Crippen molar-refractivity contribution in [3.8, 4) is 0 Å². The highest BCUT2D eigenvalue weighted by molar-refractivity contribution is 5.76. The van der Waals surface area contributed by atoms with Crippen molar-refractivity contribution in [3.63, 3.8) is 0 Å². The van der Waals surface area contributed by atoms with Gasteiger partial charge in [0.25, 0.3) is 0 Å². The molecule has 0 saturated carbocycles. The van der Waals surface area contributed by atoms with Crippen LogP contribution in [0, 0.1) is 0 Å². The van der Waals surface area contributed by atoms with Crippen LogP contribution < -0.4 is 10.6 Å². The second-order valence-electron chi connectivity index (χ2n) is 9.81. The molecule has 0 fully saturated rings. The van der Waals surface area contributed by atoms with Crippen molar-refractivity contribution in [3.05, 3.63) is 0 Å². The van der Waals surface area contributed by atoms with Gasteiger partial charge in [0.05, 0.1) is 13.2 Å². The van der Waals surface area contributed by atoms with Crippen molar-refractivity contribution in [2.45, 2.75) is 52.4 Å². The summed E-state index contributed by atoms with van der Waals surface area (Å²) in [4.78, 5) is 33.3. The predicted octanol–water partition coefficient (Wildman–Crippen LogP) is 1.34. The molecule has 0 rings (SSSR count). The van der Waals surface area contributed by atoms with Crippen LogP contribution >= 0.6 is 0 Å². The molecule has 0 saturated heterocycles. The zero-order valence-electron chi connectivity index (χ0n) is 23.7. The second-order valence-corrected chi connectivity index (χ2v) is 9.81. The van der Waals surface area contributed by atoms with Gasteiger partial charge in [-0.3, -0.25) is 9.59 Å².